The predicted molar refractivity (Wildman–Crippen MR) is 93.3 cm³/mol. The number of rotatable bonds is 9. The van der Waals surface area contributed by atoms with Crippen molar-refractivity contribution in [3.8, 4) is 0 Å². The topological polar surface area (TPSA) is 69.7 Å². The molecule has 5 heteroatoms. The van der Waals surface area contributed by atoms with Crippen LogP contribution in [0.4, 0.5) is 0 Å². The van der Waals surface area contributed by atoms with Crippen LogP contribution in [-0.4, -0.2) is 31.9 Å². The van der Waals surface area contributed by atoms with Crippen LogP contribution in [0, 0.1) is 5.92 Å². The molecule has 2 rings (SSSR count). The van der Waals surface area contributed by atoms with E-state index < -0.39 is 17.4 Å². The van der Waals surface area contributed by atoms with E-state index in [0.29, 0.717) is 24.0 Å². The van der Waals surface area contributed by atoms with E-state index in [9.17, 15) is 14.4 Å². The molecule has 0 spiro atoms. The molecule has 0 aliphatic heterocycles. The van der Waals surface area contributed by atoms with Crippen molar-refractivity contribution in [3.05, 3.63) is 35.4 Å². The summed E-state index contributed by atoms with van der Waals surface area (Å²) in [6, 6.07) is 6.73. The molecule has 25 heavy (non-hydrogen) atoms. The van der Waals surface area contributed by atoms with Crippen molar-refractivity contribution in [3.63, 3.8) is 0 Å². The van der Waals surface area contributed by atoms with E-state index in [1.807, 2.05) is 0 Å². The maximum absolute atomic E-state index is 12.6. The lowest BCUT2D eigenvalue weighted by atomic mass is 9.75. The lowest BCUT2D eigenvalue weighted by molar-refractivity contribution is -0.162. The van der Waals surface area contributed by atoms with Gasteiger partial charge < -0.3 is 9.47 Å². The van der Waals surface area contributed by atoms with Crippen molar-refractivity contribution in [1.29, 1.82) is 0 Å². The summed E-state index contributed by atoms with van der Waals surface area (Å²) >= 11 is 0. The quantitative estimate of drug-likeness (QED) is 0.296. The van der Waals surface area contributed by atoms with Crippen LogP contribution in [0.2, 0.25) is 0 Å². The molecular formula is C20H26O5. The summed E-state index contributed by atoms with van der Waals surface area (Å²) < 4.78 is 9.89. The summed E-state index contributed by atoms with van der Waals surface area (Å²) in [6.07, 6.45) is 4.75. The molecule has 0 bridgehead atoms. The SMILES string of the molecule is CCCCCC(C(=O)OC)(C(=O)OC)c1ccc(C(=O)C2CC2)cc1. The summed E-state index contributed by atoms with van der Waals surface area (Å²) in [4.78, 5) is 37.3. The van der Waals surface area contributed by atoms with E-state index in [1.54, 1.807) is 24.3 Å². The number of carbonyl (C=O) groups excluding carboxylic acids is 3. The van der Waals surface area contributed by atoms with Gasteiger partial charge in [0.25, 0.3) is 0 Å². The summed E-state index contributed by atoms with van der Waals surface area (Å²) in [6.45, 7) is 2.05. The summed E-state index contributed by atoms with van der Waals surface area (Å²) in [7, 11) is 2.54. The first-order valence-corrected chi connectivity index (χ1v) is 8.82. The highest BCUT2D eigenvalue weighted by atomic mass is 16.5. The molecule has 0 amide bonds. The average molecular weight is 346 g/mol. The highest BCUT2D eigenvalue weighted by Gasteiger charge is 2.49. The standard InChI is InChI=1S/C20H26O5/c1-4-5-6-13-20(18(22)24-2,19(23)25-3)16-11-9-15(10-12-16)17(21)14-7-8-14/h9-12,14H,4-8,13H2,1-3H3. The van der Waals surface area contributed by atoms with Gasteiger partial charge in [-0.25, -0.2) is 0 Å². The van der Waals surface area contributed by atoms with Crippen LogP contribution in [0.3, 0.4) is 0 Å². The van der Waals surface area contributed by atoms with Crippen molar-refractivity contribution in [2.24, 2.45) is 5.92 Å². The van der Waals surface area contributed by atoms with Crippen LogP contribution < -0.4 is 0 Å². The molecule has 1 fully saturated rings. The van der Waals surface area contributed by atoms with Crippen LogP contribution in [0.15, 0.2) is 24.3 Å². The van der Waals surface area contributed by atoms with E-state index in [1.165, 1.54) is 14.2 Å². The fourth-order valence-electron chi connectivity index (χ4n) is 3.16. The Labute approximate surface area is 148 Å². The van der Waals surface area contributed by atoms with Gasteiger partial charge in [-0.05, 0) is 24.8 Å². The van der Waals surface area contributed by atoms with Gasteiger partial charge >= 0.3 is 11.9 Å². The smallest absolute Gasteiger partial charge is 0.327 e. The maximum atomic E-state index is 12.6. The van der Waals surface area contributed by atoms with E-state index in [2.05, 4.69) is 6.92 Å². The number of hydrogen-bond acceptors (Lipinski definition) is 5. The second-order valence-corrected chi connectivity index (χ2v) is 6.56. The van der Waals surface area contributed by atoms with Gasteiger partial charge in [-0.2, -0.15) is 0 Å². The van der Waals surface area contributed by atoms with Crippen molar-refractivity contribution in [2.75, 3.05) is 14.2 Å². The van der Waals surface area contributed by atoms with Crippen LogP contribution in [-0.2, 0) is 24.5 Å². The van der Waals surface area contributed by atoms with Gasteiger partial charge in [0.15, 0.2) is 11.2 Å². The number of carbonyl (C=O) groups is 3. The van der Waals surface area contributed by atoms with Crippen LogP contribution in [0.1, 0.15) is 61.4 Å². The molecule has 0 N–H and O–H groups in total. The number of esters is 2. The normalized spacial score (nSPS) is 14.0. The number of Topliss-reactive ketones (excluding diaryl/α,β-unsaturated/α-hetero) is 1. The Morgan fingerprint density at radius 1 is 1.00 bits per heavy atom. The van der Waals surface area contributed by atoms with Gasteiger partial charge in [-0.1, -0.05) is 50.5 Å². The lowest BCUT2D eigenvalue weighted by Gasteiger charge is -2.29. The second kappa shape index (κ2) is 8.28. The van der Waals surface area contributed by atoms with Gasteiger partial charge in [0.1, 0.15) is 0 Å². The van der Waals surface area contributed by atoms with Crippen LogP contribution in [0.5, 0.6) is 0 Å². The highest BCUT2D eigenvalue weighted by Crippen LogP contribution is 2.36. The number of methoxy groups -OCH3 is 2. The number of unbranched alkanes of at least 4 members (excludes halogenated alkanes) is 2. The van der Waals surface area contributed by atoms with E-state index in [0.717, 1.165) is 25.7 Å². The molecule has 0 heterocycles. The molecule has 0 atom stereocenters. The summed E-state index contributed by atoms with van der Waals surface area (Å²) in [5.41, 5.74) is -0.363. The second-order valence-electron chi connectivity index (χ2n) is 6.56. The minimum atomic E-state index is -1.49. The molecule has 1 aliphatic rings. The number of ether oxygens (including phenoxy) is 2. The minimum absolute atomic E-state index is 0.124. The Bertz CT molecular complexity index is 612. The molecule has 1 aromatic carbocycles. The molecule has 1 aliphatic carbocycles. The summed E-state index contributed by atoms with van der Waals surface area (Å²) in [5, 5.41) is 0. The van der Waals surface area contributed by atoms with Crippen LogP contribution >= 0.6 is 0 Å². The van der Waals surface area contributed by atoms with Gasteiger partial charge in [-0.3, -0.25) is 14.4 Å². The fraction of sp³-hybridized carbons (Fsp3) is 0.550. The number of ketones is 1. The first kappa shape index (κ1) is 19.2. The molecule has 136 valence electrons. The summed E-state index contributed by atoms with van der Waals surface area (Å²) in [5.74, 6) is -1.01. The van der Waals surface area contributed by atoms with Crippen molar-refractivity contribution in [2.45, 2.75) is 50.9 Å². The highest BCUT2D eigenvalue weighted by molar-refractivity contribution is 6.06. The molecule has 0 aromatic heterocycles. The van der Waals surface area contributed by atoms with Crippen molar-refractivity contribution >= 4 is 17.7 Å². The zero-order valence-electron chi connectivity index (χ0n) is 15.2. The molecule has 0 saturated heterocycles. The third-order valence-corrected chi connectivity index (χ3v) is 4.83. The lowest BCUT2D eigenvalue weighted by Crippen LogP contribution is -2.45. The van der Waals surface area contributed by atoms with E-state index >= 15 is 0 Å². The number of benzene rings is 1. The van der Waals surface area contributed by atoms with Gasteiger partial charge in [0, 0.05) is 11.5 Å². The van der Waals surface area contributed by atoms with E-state index in [-0.39, 0.29) is 11.7 Å². The molecule has 5 nitrogen and oxygen atoms in total. The monoisotopic (exact) mass is 346 g/mol. The minimum Gasteiger partial charge on any atom is -0.468 e. The molecule has 1 aromatic rings. The third-order valence-electron chi connectivity index (χ3n) is 4.83. The zero-order chi connectivity index (χ0) is 18.4. The van der Waals surface area contributed by atoms with E-state index in [4.69, 9.17) is 9.47 Å². The van der Waals surface area contributed by atoms with Gasteiger partial charge in [0.2, 0.25) is 0 Å². The largest absolute Gasteiger partial charge is 0.468 e. The molecular weight excluding hydrogens is 320 g/mol. The molecule has 1 saturated carbocycles. The fourth-order valence-corrected chi connectivity index (χ4v) is 3.16. The van der Waals surface area contributed by atoms with Crippen molar-refractivity contribution < 1.29 is 23.9 Å². The Hall–Kier alpha value is -2.17. The average Bonchev–Trinajstić information content (AvgIpc) is 3.49. The van der Waals surface area contributed by atoms with Gasteiger partial charge in [-0.15, -0.1) is 0 Å². The first-order valence-electron chi connectivity index (χ1n) is 8.82. The first-order chi connectivity index (χ1) is 12.0. The third kappa shape index (κ3) is 3.91. The Kier molecular flexibility index (Phi) is 6.34. The zero-order valence-corrected chi connectivity index (χ0v) is 15.2. The Balaban J connectivity index is 2.39. The number of hydrogen-bond donors (Lipinski definition) is 0. The maximum Gasteiger partial charge on any atom is 0.327 e. The molecule has 0 radical (unpaired) electrons. The Morgan fingerprint density at radius 2 is 1.56 bits per heavy atom. The Morgan fingerprint density at radius 3 is 2.00 bits per heavy atom. The van der Waals surface area contributed by atoms with Gasteiger partial charge in [0.05, 0.1) is 14.2 Å². The van der Waals surface area contributed by atoms with Crippen LogP contribution in [0.25, 0.3) is 0 Å². The predicted octanol–water partition coefficient (Wildman–Crippen LogP) is 3.44. The molecule has 0 unspecified atom stereocenters. The van der Waals surface area contributed by atoms with Crippen molar-refractivity contribution in [1.82, 2.24) is 0 Å².